The molecule has 0 saturated carbocycles. The van der Waals surface area contributed by atoms with Gasteiger partial charge in [-0.1, -0.05) is 55.5 Å². The van der Waals surface area contributed by atoms with Crippen LogP contribution >= 0.6 is 11.6 Å². The van der Waals surface area contributed by atoms with Gasteiger partial charge in [-0.3, -0.25) is 0 Å². The zero-order valence-corrected chi connectivity index (χ0v) is 13.1. The molecule has 0 amide bonds. The molecular formula is C19H21ClO. The number of alkyl halides is 1. The second-order valence-corrected chi connectivity index (χ2v) is 6.15. The van der Waals surface area contributed by atoms with Gasteiger partial charge >= 0.3 is 0 Å². The lowest BCUT2D eigenvalue weighted by molar-refractivity contribution is 0.293. The highest BCUT2D eigenvalue weighted by Gasteiger charge is 2.36. The van der Waals surface area contributed by atoms with Gasteiger partial charge in [-0.15, -0.1) is 11.6 Å². The summed E-state index contributed by atoms with van der Waals surface area (Å²) < 4.78 is 5.84. The molecule has 110 valence electrons. The third-order valence-corrected chi connectivity index (χ3v) is 5.27. The molecule has 0 bridgehead atoms. The van der Waals surface area contributed by atoms with Crippen molar-refractivity contribution in [2.45, 2.75) is 31.1 Å². The van der Waals surface area contributed by atoms with E-state index >= 15 is 0 Å². The number of ether oxygens (including phenoxy) is 1. The van der Waals surface area contributed by atoms with Crippen molar-refractivity contribution >= 4 is 11.6 Å². The van der Waals surface area contributed by atoms with E-state index in [2.05, 4.69) is 55.5 Å². The molecule has 0 radical (unpaired) electrons. The fourth-order valence-corrected chi connectivity index (χ4v) is 3.81. The molecule has 2 atom stereocenters. The highest BCUT2D eigenvalue weighted by atomic mass is 35.5. The predicted octanol–water partition coefficient (Wildman–Crippen LogP) is 5.14. The van der Waals surface area contributed by atoms with Crippen LogP contribution in [0.25, 0.3) is 0 Å². The third kappa shape index (κ3) is 2.67. The second-order valence-electron chi connectivity index (χ2n) is 5.88. The van der Waals surface area contributed by atoms with Crippen molar-refractivity contribution in [3.8, 4) is 5.75 Å². The number of benzene rings is 2. The Kier molecular flexibility index (Phi) is 4.21. The van der Waals surface area contributed by atoms with Crippen LogP contribution in [0, 0.1) is 0 Å². The number of rotatable bonds is 5. The highest BCUT2D eigenvalue weighted by Crippen LogP contribution is 2.44. The quantitative estimate of drug-likeness (QED) is 0.695. The van der Waals surface area contributed by atoms with Crippen molar-refractivity contribution < 1.29 is 4.74 Å². The minimum atomic E-state index is 0.0221. The van der Waals surface area contributed by atoms with E-state index in [0.717, 1.165) is 25.2 Å². The smallest absolute Gasteiger partial charge is 0.122 e. The van der Waals surface area contributed by atoms with E-state index in [1.807, 2.05) is 6.07 Å². The lowest BCUT2D eigenvalue weighted by atomic mass is 9.72. The van der Waals surface area contributed by atoms with Crippen LogP contribution in [0.3, 0.4) is 0 Å². The van der Waals surface area contributed by atoms with E-state index in [-0.39, 0.29) is 5.41 Å². The van der Waals surface area contributed by atoms with E-state index in [0.29, 0.717) is 11.8 Å². The standard InChI is InChI=1S/C19H21ClO/c1-2-19(14-20,16-8-4-3-5-9-16)12-15-13-21-18-11-7-6-10-17(15)18/h3-11,15H,2,12-14H2,1H3. The van der Waals surface area contributed by atoms with Gasteiger partial charge in [-0.25, -0.2) is 0 Å². The summed E-state index contributed by atoms with van der Waals surface area (Å²) >= 11 is 6.42. The Balaban J connectivity index is 1.91. The number of hydrogen-bond acceptors (Lipinski definition) is 1. The molecule has 0 fully saturated rings. The fraction of sp³-hybridized carbons (Fsp3) is 0.368. The van der Waals surface area contributed by atoms with Crippen molar-refractivity contribution in [3.63, 3.8) is 0 Å². The molecule has 1 heterocycles. The maximum atomic E-state index is 6.42. The molecule has 0 spiro atoms. The summed E-state index contributed by atoms with van der Waals surface area (Å²) in [7, 11) is 0. The Morgan fingerprint density at radius 3 is 2.52 bits per heavy atom. The molecule has 1 aliphatic rings. The van der Waals surface area contributed by atoms with E-state index < -0.39 is 0 Å². The molecule has 3 rings (SSSR count). The van der Waals surface area contributed by atoms with Gasteiger partial charge in [-0.2, -0.15) is 0 Å². The van der Waals surface area contributed by atoms with Gasteiger partial charge in [0.05, 0.1) is 6.61 Å². The molecule has 0 aromatic heterocycles. The van der Waals surface area contributed by atoms with Gasteiger partial charge in [0.2, 0.25) is 0 Å². The lowest BCUT2D eigenvalue weighted by Gasteiger charge is -2.33. The first-order valence-corrected chi connectivity index (χ1v) is 8.16. The van der Waals surface area contributed by atoms with Gasteiger partial charge in [-0.05, 0) is 24.5 Å². The average molecular weight is 301 g/mol. The molecule has 21 heavy (non-hydrogen) atoms. The van der Waals surface area contributed by atoms with Crippen molar-refractivity contribution in [2.24, 2.45) is 0 Å². The molecule has 2 aromatic carbocycles. The van der Waals surface area contributed by atoms with Crippen molar-refractivity contribution in [1.82, 2.24) is 0 Å². The van der Waals surface area contributed by atoms with Crippen LogP contribution in [0.5, 0.6) is 5.75 Å². The minimum Gasteiger partial charge on any atom is -0.493 e. The van der Waals surface area contributed by atoms with Gasteiger partial charge < -0.3 is 4.74 Å². The highest BCUT2D eigenvalue weighted by molar-refractivity contribution is 6.18. The average Bonchev–Trinajstić information content (AvgIpc) is 2.96. The molecule has 0 aliphatic carbocycles. The summed E-state index contributed by atoms with van der Waals surface area (Å²) in [6, 6.07) is 19.0. The first-order valence-electron chi connectivity index (χ1n) is 7.62. The first-order chi connectivity index (χ1) is 10.3. The van der Waals surface area contributed by atoms with Gasteiger partial charge in [0.15, 0.2) is 0 Å². The van der Waals surface area contributed by atoms with E-state index in [4.69, 9.17) is 16.3 Å². The van der Waals surface area contributed by atoms with Crippen LogP contribution in [0.1, 0.15) is 36.8 Å². The first kappa shape index (κ1) is 14.5. The Morgan fingerprint density at radius 2 is 1.81 bits per heavy atom. The molecule has 2 unspecified atom stereocenters. The van der Waals surface area contributed by atoms with Crippen LogP contribution < -0.4 is 4.74 Å². The maximum Gasteiger partial charge on any atom is 0.122 e. The third-order valence-electron chi connectivity index (χ3n) is 4.75. The molecule has 1 aliphatic heterocycles. The van der Waals surface area contributed by atoms with Crippen LogP contribution in [-0.2, 0) is 5.41 Å². The Morgan fingerprint density at radius 1 is 1.10 bits per heavy atom. The van der Waals surface area contributed by atoms with E-state index in [1.165, 1.54) is 11.1 Å². The summed E-state index contributed by atoms with van der Waals surface area (Å²) in [6.45, 7) is 3.00. The van der Waals surface area contributed by atoms with Crippen LogP contribution in [0.2, 0.25) is 0 Å². The van der Waals surface area contributed by atoms with Crippen molar-refractivity contribution in [1.29, 1.82) is 0 Å². The molecule has 0 saturated heterocycles. The van der Waals surface area contributed by atoms with Crippen molar-refractivity contribution in [2.75, 3.05) is 12.5 Å². The van der Waals surface area contributed by atoms with E-state index in [1.54, 1.807) is 0 Å². The Bertz CT molecular complexity index is 590. The molecular weight excluding hydrogens is 280 g/mol. The summed E-state index contributed by atoms with van der Waals surface area (Å²) in [5, 5.41) is 0. The second kappa shape index (κ2) is 6.11. The molecule has 0 N–H and O–H groups in total. The largest absolute Gasteiger partial charge is 0.493 e. The fourth-order valence-electron chi connectivity index (χ4n) is 3.35. The zero-order valence-electron chi connectivity index (χ0n) is 12.4. The van der Waals surface area contributed by atoms with Crippen LogP contribution in [0.15, 0.2) is 54.6 Å². The van der Waals surface area contributed by atoms with E-state index in [9.17, 15) is 0 Å². The van der Waals surface area contributed by atoms with Gasteiger partial charge in [0.1, 0.15) is 5.75 Å². The molecule has 1 nitrogen and oxygen atoms in total. The Hall–Kier alpha value is -1.47. The van der Waals surface area contributed by atoms with Crippen LogP contribution in [0.4, 0.5) is 0 Å². The van der Waals surface area contributed by atoms with Crippen LogP contribution in [-0.4, -0.2) is 12.5 Å². The number of halogens is 1. The topological polar surface area (TPSA) is 9.23 Å². The molecule has 2 aromatic rings. The van der Waals surface area contributed by atoms with Gasteiger partial charge in [0, 0.05) is 22.8 Å². The normalized spacial score (nSPS) is 19.6. The summed E-state index contributed by atoms with van der Waals surface area (Å²) in [4.78, 5) is 0. The molecule has 2 heteroatoms. The number of hydrogen-bond donors (Lipinski definition) is 0. The summed E-state index contributed by atoms with van der Waals surface area (Å²) in [5.41, 5.74) is 2.69. The zero-order chi connectivity index (χ0) is 14.7. The maximum absolute atomic E-state index is 6.42. The SMILES string of the molecule is CCC(CCl)(CC1COc2ccccc21)c1ccccc1. The summed E-state index contributed by atoms with van der Waals surface area (Å²) in [5.74, 6) is 2.11. The Labute approximate surface area is 131 Å². The number of fused-ring (bicyclic) bond motifs is 1. The number of para-hydroxylation sites is 1. The van der Waals surface area contributed by atoms with Crippen molar-refractivity contribution in [3.05, 3.63) is 65.7 Å². The predicted molar refractivity (Wildman–Crippen MR) is 88.4 cm³/mol. The summed E-state index contributed by atoms with van der Waals surface area (Å²) in [6.07, 6.45) is 2.08. The monoisotopic (exact) mass is 300 g/mol. The lowest BCUT2D eigenvalue weighted by Crippen LogP contribution is -2.30. The minimum absolute atomic E-state index is 0.0221. The van der Waals surface area contributed by atoms with Gasteiger partial charge in [0.25, 0.3) is 0 Å².